The summed E-state index contributed by atoms with van der Waals surface area (Å²) in [5.41, 5.74) is 1.04. The van der Waals surface area contributed by atoms with E-state index in [1.165, 1.54) is 13.1 Å². The second kappa shape index (κ2) is 5.64. The molecule has 0 N–H and O–H groups in total. The van der Waals surface area contributed by atoms with Crippen LogP contribution in [0.25, 0.3) is 0 Å². The molecule has 7 heteroatoms. The van der Waals surface area contributed by atoms with Crippen molar-refractivity contribution in [3.05, 3.63) is 30.5 Å². The van der Waals surface area contributed by atoms with E-state index in [1.807, 2.05) is 6.92 Å². The standard InChI is InChI=1S/C15H21N7/c1-12-6-15(17-11-16-12)21-9-13-7-20(8-14(13)10-21)4-5-22-18-2-3-19-22/h2-3,6,11,13-14H,4-5,7-10H2,1H3. The molecule has 116 valence electrons. The van der Waals surface area contributed by atoms with Crippen LogP contribution in [0, 0.1) is 18.8 Å². The highest BCUT2D eigenvalue weighted by molar-refractivity contribution is 5.40. The van der Waals surface area contributed by atoms with E-state index < -0.39 is 0 Å². The zero-order valence-electron chi connectivity index (χ0n) is 12.8. The Morgan fingerprint density at radius 3 is 2.41 bits per heavy atom. The Morgan fingerprint density at radius 1 is 1.00 bits per heavy atom. The van der Waals surface area contributed by atoms with E-state index in [0.29, 0.717) is 0 Å². The summed E-state index contributed by atoms with van der Waals surface area (Å²) in [5, 5.41) is 8.33. The van der Waals surface area contributed by atoms with Crippen LogP contribution in [-0.4, -0.2) is 62.6 Å². The molecule has 0 bridgehead atoms. The molecule has 2 unspecified atom stereocenters. The maximum atomic E-state index is 4.42. The number of hydrogen-bond donors (Lipinski definition) is 0. The number of nitrogens with zero attached hydrogens (tertiary/aromatic N) is 7. The molecule has 0 radical (unpaired) electrons. The molecule has 0 aromatic carbocycles. The van der Waals surface area contributed by atoms with Crippen molar-refractivity contribution in [3.8, 4) is 0 Å². The summed E-state index contributed by atoms with van der Waals surface area (Å²) in [6.45, 7) is 8.50. The van der Waals surface area contributed by atoms with Gasteiger partial charge in [0, 0.05) is 44.5 Å². The van der Waals surface area contributed by atoms with E-state index in [9.17, 15) is 0 Å². The second-order valence-electron chi connectivity index (χ2n) is 6.33. The number of rotatable bonds is 4. The predicted molar refractivity (Wildman–Crippen MR) is 82.4 cm³/mol. The SMILES string of the molecule is Cc1cc(N2CC3CN(CCn4nccn4)CC3C2)ncn1. The molecule has 2 saturated heterocycles. The van der Waals surface area contributed by atoms with Gasteiger partial charge in [0.2, 0.25) is 0 Å². The Labute approximate surface area is 130 Å². The lowest BCUT2D eigenvalue weighted by Crippen LogP contribution is -2.31. The normalized spacial score (nSPS) is 24.9. The molecule has 2 fully saturated rings. The highest BCUT2D eigenvalue weighted by Gasteiger charge is 2.40. The van der Waals surface area contributed by atoms with Crippen molar-refractivity contribution in [2.75, 3.05) is 37.6 Å². The minimum Gasteiger partial charge on any atom is -0.356 e. The molecule has 2 aliphatic rings. The maximum Gasteiger partial charge on any atom is 0.132 e. The van der Waals surface area contributed by atoms with Crippen LogP contribution >= 0.6 is 0 Å². The highest BCUT2D eigenvalue weighted by atomic mass is 15.5. The second-order valence-corrected chi connectivity index (χ2v) is 6.33. The monoisotopic (exact) mass is 299 g/mol. The molecule has 4 rings (SSSR count). The van der Waals surface area contributed by atoms with Gasteiger partial charge in [0.1, 0.15) is 12.1 Å². The van der Waals surface area contributed by atoms with Crippen molar-refractivity contribution in [2.45, 2.75) is 13.5 Å². The Balaban J connectivity index is 1.32. The predicted octanol–water partition coefficient (Wildman–Crippen LogP) is 0.445. The van der Waals surface area contributed by atoms with Gasteiger partial charge in [0.15, 0.2) is 0 Å². The fourth-order valence-corrected chi connectivity index (χ4v) is 3.66. The van der Waals surface area contributed by atoms with Crippen molar-refractivity contribution in [1.82, 2.24) is 29.9 Å². The van der Waals surface area contributed by atoms with E-state index in [1.54, 1.807) is 23.5 Å². The molecule has 0 spiro atoms. The molecule has 0 aliphatic carbocycles. The molecule has 0 saturated carbocycles. The number of aryl methyl sites for hydroxylation is 1. The Morgan fingerprint density at radius 2 is 1.73 bits per heavy atom. The quantitative estimate of drug-likeness (QED) is 0.816. The van der Waals surface area contributed by atoms with Gasteiger partial charge >= 0.3 is 0 Å². The molecule has 2 aromatic rings. The van der Waals surface area contributed by atoms with Crippen LogP contribution in [0.5, 0.6) is 0 Å². The maximum absolute atomic E-state index is 4.42. The molecule has 4 heterocycles. The summed E-state index contributed by atoms with van der Waals surface area (Å²) in [6.07, 6.45) is 5.14. The summed E-state index contributed by atoms with van der Waals surface area (Å²) in [4.78, 5) is 15.3. The first-order valence-electron chi connectivity index (χ1n) is 7.88. The largest absolute Gasteiger partial charge is 0.356 e. The van der Waals surface area contributed by atoms with E-state index in [0.717, 1.165) is 49.5 Å². The van der Waals surface area contributed by atoms with Gasteiger partial charge in [-0.1, -0.05) is 0 Å². The van der Waals surface area contributed by atoms with E-state index in [2.05, 4.69) is 36.0 Å². The van der Waals surface area contributed by atoms with E-state index in [4.69, 9.17) is 0 Å². The third-order valence-electron chi connectivity index (χ3n) is 4.76. The van der Waals surface area contributed by atoms with Crippen LogP contribution in [0.3, 0.4) is 0 Å². The Hall–Kier alpha value is -2.02. The fraction of sp³-hybridized carbons (Fsp3) is 0.600. The van der Waals surface area contributed by atoms with Crippen molar-refractivity contribution < 1.29 is 0 Å². The Kier molecular flexibility index (Phi) is 3.49. The lowest BCUT2D eigenvalue weighted by molar-refractivity contribution is 0.289. The molecular formula is C15H21N7. The lowest BCUT2D eigenvalue weighted by Gasteiger charge is -2.22. The summed E-state index contributed by atoms with van der Waals surface area (Å²) in [5.74, 6) is 2.58. The minimum absolute atomic E-state index is 0.751. The number of aromatic nitrogens is 5. The fourth-order valence-electron chi connectivity index (χ4n) is 3.66. The van der Waals surface area contributed by atoms with E-state index >= 15 is 0 Å². The summed E-state index contributed by atoms with van der Waals surface area (Å²) in [6, 6.07) is 2.09. The van der Waals surface area contributed by atoms with Gasteiger partial charge in [-0.2, -0.15) is 15.0 Å². The van der Waals surface area contributed by atoms with Gasteiger partial charge in [0.25, 0.3) is 0 Å². The van der Waals surface area contributed by atoms with Crippen LogP contribution < -0.4 is 4.90 Å². The highest BCUT2D eigenvalue weighted by Crippen LogP contribution is 2.33. The third-order valence-corrected chi connectivity index (χ3v) is 4.76. The van der Waals surface area contributed by atoms with Gasteiger partial charge < -0.3 is 9.80 Å². The first-order valence-corrected chi connectivity index (χ1v) is 7.88. The number of fused-ring (bicyclic) bond motifs is 1. The molecule has 2 aromatic heterocycles. The summed E-state index contributed by atoms with van der Waals surface area (Å²) < 4.78 is 0. The number of anilines is 1. The van der Waals surface area contributed by atoms with Crippen molar-refractivity contribution in [3.63, 3.8) is 0 Å². The van der Waals surface area contributed by atoms with Gasteiger partial charge in [0.05, 0.1) is 18.9 Å². The van der Waals surface area contributed by atoms with Crippen LogP contribution in [0.1, 0.15) is 5.69 Å². The number of hydrogen-bond acceptors (Lipinski definition) is 6. The number of likely N-dealkylation sites (tertiary alicyclic amines) is 1. The van der Waals surface area contributed by atoms with Gasteiger partial charge in [-0.15, -0.1) is 0 Å². The molecule has 0 amide bonds. The first-order chi connectivity index (χ1) is 10.8. The van der Waals surface area contributed by atoms with Crippen LogP contribution in [0.15, 0.2) is 24.8 Å². The van der Waals surface area contributed by atoms with Crippen molar-refractivity contribution in [1.29, 1.82) is 0 Å². The van der Waals surface area contributed by atoms with Crippen molar-refractivity contribution >= 4 is 5.82 Å². The average Bonchev–Trinajstić information content (AvgIpc) is 3.21. The summed E-state index contributed by atoms with van der Waals surface area (Å²) >= 11 is 0. The van der Waals surface area contributed by atoms with Gasteiger partial charge in [-0.3, -0.25) is 0 Å². The zero-order valence-corrected chi connectivity index (χ0v) is 12.8. The lowest BCUT2D eigenvalue weighted by atomic mass is 10.0. The van der Waals surface area contributed by atoms with Crippen LogP contribution in [-0.2, 0) is 6.54 Å². The molecule has 7 nitrogen and oxygen atoms in total. The van der Waals surface area contributed by atoms with Gasteiger partial charge in [-0.05, 0) is 18.8 Å². The zero-order chi connectivity index (χ0) is 14.9. The molecule has 2 atom stereocenters. The molecular weight excluding hydrogens is 278 g/mol. The smallest absolute Gasteiger partial charge is 0.132 e. The first kappa shape index (κ1) is 13.6. The summed E-state index contributed by atoms with van der Waals surface area (Å²) in [7, 11) is 0. The van der Waals surface area contributed by atoms with Crippen LogP contribution in [0.2, 0.25) is 0 Å². The average molecular weight is 299 g/mol. The Bertz CT molecular complexity index is 613. The topological polar surface area (TPSA) is 63.0 Å². The van der Waals surface area contributed by atoms with Crippen LogP contribution in [0.4, 0.5) is 5.82 Å². The van der Waals surface area contributed by atoms with Crippen molar-refractivity contribution in [2.24, 2.45) is 11.8 Å². The molecule has 2 aliphatic heterocycles. The van der Waals surface area contributed by atoms with Gasteiger partial charge in [-0.25, -0.2) is 9.97 Å². The minimum atomic E-state index is 0.751. The third kappa shape index (κ3) is 2.68. The van der Waals surface area contributed by atoms with E-state index in [-0.39, 0.29) is 0 Å². The molecule has 22 heavy (non-hydrogen) atoms.